The molecule has 2 aliphatic rings. The molecule has 1 aliphatic carbocycles. The number of methoxy groups -OCH3 is 1. The second-order valence-corrected chi connectivity index (χ2v) is 6.62. The van der Waals surface area contributed by atoms with Crippen LogP contribution in [0.1, 0.15) is 28.3 Å². The summed E-state index contributed by atoms with van der Waals surface area (Å²) in [6.45, 7) is 2.87. The molecule has 4 heteroatoms. The molecule has 120 valence electrons. The quantitative estimate of drug-likeness (QED) is 0.849. The molecule has 0 radical (unpaired) electrons. The van der Waals surface area contributed by atoms with Gasteiger partial charge in [-0.15, -0.1) is 0 Å². The molecule has 2 aromatic carbocycles. The topological polar surface area (TPSA) is 52.9 Å². The SMILES string of the molecule is COc1c(O)cc2c3c1-c1cc(C)c(O)cc1CC3N(C)CC2. The largest absolute Gasteiger partial charge is 0.508 e. The zero-order valence-corrected chi connectivity index (χ0v) is 13.7. The minimum atomic E-state index is 0.197. The van der Waals surface area contributed by atoms with Gasteiger partial charge in [0.25, 0.3) is 0 Å². The van der Waals surface area contributed by atoms with Crippen LogP contribution in [0.5, 0.6) is 17.2 Å². The first-order valence-electron chi connectivity index (χ1n) is 7.97. The third kappa shape index (κ3) is 1.94. The van der Waals surface area contributed by atoms with E-state index in [2.05, 4.69) is 11.9 Å². The lowest BCUT2D eigenvalue weighted by molar-refractivity contribution is 0.226. The highest BCUT2D eigenvalue weighted by Gasteiger charge is 2.36. The van der Waals surface area contributed by atoms with Crippen LogP contribution in [-0.2, 0) is 12.8 Å². The Hall–Kier alpha value is -2.20. The fourth-order valence-electron chi connectivity index (χ4n) is 4.06. The number of fused-ring (bicyclic) bond motifs is 2. The second kappa shape index (κ2) is 4.90. The Kier molecular flexibility index (Phi) is 3.07. The van der Waals surface area contributed by atoms with E-state index < -0.39 is 0 Å². The summed E-state index contributed by atoms with van der Waals surface area (Å²) in [5.74, 6) is 1.06. The zero-order chi connectivity index (χ0) is 16.3. The van der Waals surface area contributed by atoms with Crippen molar-refractivity contribution in [3.63, 3.8) is 0 Å². The summed E-state index contributed by atoms with van der Waals surface area (Å²) in [7, 11) is 3.73. The molecule has 2 aromatic rings. The molecule has 0 fully saturated rings. The van der Waals surface area contributed by atoms with Crippen LogP contribution in [0.2, 0.25) is 0 Å². The van der Waals surface area contributed by atoms with Crippen molar-refractivity contribution < 1.29 is 14.9 Å². The lowest BCUT2D eigenvalue weighted by atomic mass is 9.76. The van der Waals surface area contributed by atoms with Gasteiger partial charge in [-0.3, -0.25) is 4.90 Å². The van der Waals surface area contributed by atoms with E-state index >= 15 is 0 Å². The van der Waals surface area contributed by atoms with Gasteiger partial charge < -0.3 is 14.9 Å². The molecular weight excluding hydrogens is 290 g/mol. The molecule has 1 unspecified atom stereocenters. The van der Waals surface area contributed by atoms with Crippen molar-refractivity contribution in [2.45, 2.75) is 25.8 Å². The Morgan fingerprint density at radius 1 is 1.13 bits per heavy atom. The molecule has 0 saturated carbocycles. The predicted octanol–water partition coefficient (Wildman–Crippen LogP) is 3.17. The van der Waals surface area contributed by atoms with Crippen molar-refractivity contribution in [1.29, 1.82) is 0 Å². The highest BCUT2D eigenvalue weighted by molar-refractivity contribution is 5.84. The third-order valence-electron chi connectivity index (χ3n) is 5.29. The minimum absolute atomic E-state index is 0.197. The maximum absolute atomic E-state index is 10.4. The first-order valence-corrected chi connectivity index (χ1v) is 7.97. The van der Waals surface area contributed by atoms with Gasteiger partial charge in [-0.1, -0.05) is 0 Å². The van der Waals surface area contributed by atoms with Gasteiger partial charge in [-0.2, -0.15) is 0 Å². The van der Waals surface area contributed by atoms with Crippen LogP contribution >= 0.6 is 0 Å². The molecule has 1 aliphatic heterocycles. The fraction of sp³-hybridized carbons (Fsp3) is 0.368. The van der Waals surface area contributed by atoms with Gasteiger partial charge in [0, 0.05) is 18.2 Å². The van der Waals surface area contributed by atoms with Crippen molar-refractivity contribution in [2.75, 3.05) is 20.7 Å². The van der Waals surface area contributed by atoms with Gasteiger partial charge in [0.15, 0.2) is 11.5 Å². The Bertz CT molecular complexity index is 813. The summed E-state index contributed by atoms with van der Waals surface area (Å²) >= 11 is 0. The summed E-state index contributed by atoms with van der Waals surface area (Å²) in [5, 5.41) is 20.5. The number of ether oxygens (including phenoxy) is 1. The molecule has 4 rings (SSSR count). The minimum Gasteiger partial charge on any atom is -0.508 e. The molecule has 0 amide bonds. The van der Waals surface area contributed by atoms with Crippen molar-refractivity contribution in [2.24, 2.45) is 0 Å². The Morgan fingerprint density at radius 3 is 2.61 bits per heavy atom. The first kappa shape index (κ1) is 14.4. The number of benzene rings is 2. The van der Waals surface area contributed by atoms with Gasteiger partial charge in [0.05, 0.1) is 7.11 Å². The molecule has 0 bridgehead atoms. The summed E-state index contributed by atoms with van der Waals surface area (Å²) < 4.78 is 5.55. The average Bonchev–Trinajstić information content (AvgIpc) is 2.52. The van der Waals surface area contributed by atoms with E-state index in [9.17, 15) is 10.2 Å². The van der Waals surface area contributed by atoms with Crippen LogP contribution in [0.4, 0.5) is 0 Å². The number of rotatable bonds is 1. The van der Waals surface area contributed by atoms with E-state index in [1.807, 2.05) is 25.1 Å². The zero-order valence-electron chi connectivity index (χ0n) is 13.7. The molecule has 0 aromatic heterocycles. The van der Waals surface area contributed by atoms with Crippen molar-refractivity contribution in [3.8, 4) is 28.4 Å². The van der Waals surface area contributed by atoms with Gasteiger partial charge in [0.1, 0.15) is 5.75 Å². The molecule has 1 atom stereocenters. The van der Waals surface area contributed by atoms with Gasteiger partial charge in [-0.25, -0.2) is 0 Å². The van der Waals surface area contributed by atoms with E-state index in [-0.39, 0.29) is 11.8 Å². The van der Waals surface area contributed by atoms with Crippen LogP contribution in [0, 0.1) is 6.92 Å². The average molecular weight is 311 g/mol. The lowest BCUT2D eigenvalue weighted by Gasteiger charge is -2.40. The highest BCUT2D eigenvalue weighted by Crippen LogP contribution is 2.52. The molecule has 4 nitrogen and oxygen atoms in total. The smallest absolute Gasteiger partial charge is 0.168 e. The predicted molar refractivity (Wildman–Crippen MR) is 89.3 cm³/mol. The number of likely N-dealkylation sites (N-methyl/N-ethyl adjacent to an activating group) is 1. The maximum atomic E-state index is 10.4. The molecular formula is C19H21NO3. The van der Waals surface area contributed by atoms with Crippen LogP contribution in [0.3, 0.4) is 0 Å². The third-order valence-corrected chi connectivity index (χ3v) is 5.29. The van der Waals surface area contributed by atoms with E-state index in [1.165, 1.54) is 11.1 Å². The van der Waals surface area contributed by atoms with E-state index in [1.54, 1.807) is 7.11 Å². The molecule has 0 spiro atoms. The number of phenolic OH excluding ortho intramolecular Hbond substituents is 2. The van der Waals surface area contributed by atoms with Crippen molar-refractivity contribution >= 4 is 0 Å². The molecule has 0 saturated heterocycles. The van der Waals surface area contributed by atoms with E-state index in [0.717, 1.165) is 41.6 Å². The normalized spacial score (nSPS) is 19.2. The second-order valence-electron chi connectivity index (χ2n) is 6.62. The number of aryl methyl sites for hydroxylation is 1. The fourth-order valence-corrected chi connectivity index (χ4v) is 4.06. The monoisotopic (exact) mass is 311 g/mol. The van der Waals surface area contributed by atoms with Crippen LogP contribution in [0.25, 0.3) is 11.1 Å². The first-order chi connectivity index (χ1) is 11.0. The molecule has 23 heavy (non-hydrogen) atoms. The summed E-state index contributed by atoms with van der Waals surface area (Å²) in [6.07, 6.45) is 1.80. The van der Waals surface area contributed by atoms with Crippen LogP contribution < -0.4 is 4.74 Å². The number of hydrogen-bond donors (Lipinski definition) is 2. The molecule has 2 N–H and O–H groups in total. The van der Waals surface area contributed by atoms with Crippen LogP contribution in [0.15, 0.2) is 18.2 Å². The van der Waals surface area contributed by atoms with Gasteiger partial charge in [0.2, 0.25) is 0 Å². The highest BCUT2D eigenvalue weighted by atomic mass is 16.5. The van der Waals surface area contributed by atoms with Gasteiger partial charge in [-0.05, 0) is 72.8 Å². The summed E-state index contributed by atoms with van der Waals surface area (Å²) in [4.78, 5) is 2.35. The van der Waals surface area contributed by atoms with Crippen molar-refractivity contribution in [3.05, 3.63) is 40.5 Å². The Labute approximate surface area is 135 Å². The summed E-state index contributed by atoms with van der Waals surface area (Å²) in [6, 6.07) is 5.99. The van der Waals surface area contributed by atoms with E-state index in [4.69, 9.17) is 4.74 Å². The lowest BCUT2D eigenvalue weighted by Crippen LogP contribution is -2.35. The standard InChI is InChI=1S/C19H21NO3/c1-10-6-13-12(9-15(10)21)7-14-17-11(4-5-20(14)2)8-16(22)19(23-3)18(13)17/h6,8-9,14,21-22H,4-5,7H2,1-3H3. The van der Waals surface area contributed by atoms with E-state index in [0.29, 0.717) is 11.5 Å². The van der Waals surface area contributed by atoms with Gasteiger partial charge >= 0.3 is 0 Å². The molecule has 1 heterocycles. The van der Waals surface area contributed by atoms with Crippen LogP contribution in [-0.4, -0.2) is 35.8 Å². The Balaban J connectivity index is 2.10. The Morgan fingerprint density at radius 2 is 1.87 bits per heavy atom. The number of hydrogen-bond acceptors (Lipinski definition) is 4. The number of nitrogens with zero attached hydrogens (tertiary/aromatic N) is 1. The number of aromatic hydroxyl groups is 2. The number of phenols is 2. The van der Waals surface area contributed by atoms with Crippen molar-refractivity contribution in [1.82, 2.24) is 4.90 Å². The summed E-state index contributed by atoms with van der Waals surface area (Å²) in [5.41, 5.74) is 6.47. The maximum Gasteiger partial charge on any atom is 0.168 e.